The molecule has 1 heterocycles. The number of rotatable bonds is 8. The number of aryl methyl sites for hydroxylation is 4. The second-order valence-corrected chi connectivity index (χ2v) is 7.85. The molecule has 25 heavy (non-hydrogen) atoms. The lowest BCUT2D eigenvalue weighted by Crippen LogP contribution is -2.16. The maximum Gasteiger partial charge on any atom is 0.0409 e. The fraction of sp³-hybridized carbons (Fsp3) is 0.458. The Hall–Kier alpha value is -1.89. The van der Waals surface area contributed by atoms with E-state index in [9.17, 15) is 0 Å². The van der Waals surface area contributed by atoms with Crippen molar-refractivity contribution in [3.05, 3.63) is 77.1 Å². The molecule has 0 spiro atoms. The van der Waals surface area contributed by atoms with Crippen molar-refractivity contribution in [2.75, 3.05) is 0 Å². The molecular weight excluding hydrogens is 302 g/mol. The second-order valence-electron chi connectivity index (χ2n) is 7.85. The summed E-state index contributed by atoms with van der Waals surface area (Å²) in [6.45, 7) is 15.1. The van der Waals surface area contributed by atoms with Crippen LogP contribution >= 0.6 is 0 Å². The van der Waals surface area contributed by atoms with Gasteiger partial charge in [-0.1, -0.05) is 64.5 Å². The summed E-state index contributed by atoms with van der Waals surface area (Å²) in [5.74, 6) is 0.471. The highest BCUT2D eigenvalue weighted by atomic mass is 14.7. The minimum absolute atomic E-state index is 0.117. The molecule has 2 aromatic rings. The maximum atomic E-state index is 4.63. The van der Waals surface area contributed by atoms with E-state index in [0.717, 1.165) is 31.4 Å². The van der Waals surface area contributed by atoms with Gasteiger partial charge in [0.2, 0.25) is 0 Å². The van der Waals surface area contributed by atoms with Gasteiger partial charge in [-0.15, -0.1) is 6.58 Å². The number of benzene rings is 1. The average molecular weight is 336 g/mol. The zero-order valence-electron chi connectivity index (χ0n) is 16.6. The quantitative estimate of drug-likeness (QED) is 0.506. The molecule has 1 unspecified atom stereocenters. The number of pyridine rings is 1. The molecular formula is C24H33N. The SMILES string of the molecule is C=CC(C)(C)C(C)c1ccc(CCc2cc(C)nc(CCC)c2)cc1. The van der Waals surface area contributed by atoms with Crippen molar-refractivity contribution in [1.82, 2.24) is 4.98 Å². The third-order valence-corrected chi connectivity index (χ3v) is 5.40. The van der Waals surface area contributed by atoms with Crippen LogP contribution in [0, 0.1) is 12.3 Å². The molecule has 0 aliphatic carbocycles. The molecule has 2 rings (SSSR count). The van der Waals surface area contributed by atoms with Crippen molar-refractivity contribution in [3.8, 4) is 0 Å². The molecule has 1 nitrogen and oxygen atoms in total. The zero-order valence-corrected chi connectivity index (χ0v) is 16.6. The van der Waals surface area contributed by atoms with Crippen LogP contribution in [0.3, 0.4) is 0 Å². The Balaban J connectivity index is 2.04. The Kier molecular flexibility index (Phi) is 6.58. The van der Waals surface area contributed by atoms with Gasteiger partial charge < -0.3 is 0 Å². The third-order valence-electron chi connectivity index (χ3n) is 5.40. The summed E-state index contributed by atoms with van der Waals surface area (Å²) in [6, 6.07) is 13.6. The number of aromatic nitrogens is 1. The lowest BCUT2D eigenvalue weighted by atomic mass is 9.76. The van der Waals surface area contributed by atoms with Gasteiger partial charge in [0.1, 0.15) is 0 Å². The minimum atomic E-state index is 0.117. The molecule has 0 radical (unpaired) electrons. The van der Waals surface area contributed by atoms with E-state index in [2.05, 4.69) is 88.7 Å². The van der Waals surface area contributed by atoms with Gasteiger partial charge in [-0.05, 0) is 66.3 Å². The van der Waals surface area contributed by atoms with E-state index in [0.29, 0.717) is 5.92 Å². The molecule has 0 saturated carbocycles. The summed E-state index contributed by atoms with van der Waals surface area (Å²) < 4.78 is 0. The molecule has 0 amide bonds. The lowest BCUT2D eigenvalue weighted by Gasteiger charge is -2.28. The van der Waals surface area contributed by atoms with E-state index in [1.54, 1.807) is 0 Å². The molecule has 0 bridgehead atoms. The predicted molar refractivity (Wildman–Crippen MR) is 109 cm³/mol. The molecule has 1 atom stereocenters. The summed E-state index contributed by atoms with van der Waals surface area (Å²) in [6.07, 6.45) is 6.43. The first-order valence-electron chi connectivity index (χ1n) is 9.54. The Labute approximate surface area is 154 Å². The zero-order chi connectivity index (χ0) is 18.4. The highest BCUT2D eigenvalue weighted by Gasteiger charge is 2.23. The summed E-state index contributed by atoms with van der Waals surface area (Å²) in [4.78, 5) is 4.63. The number of hydrogen-bond donors (Lipinski definition) is 0. The van der Waals surface area contributed by atoms with Crippen LogP contribution in [0.25, 0.3) is 0 Å². The van der Waals surface area contributed by atoms with E-state index in [4.69, 9.17) is 0 Å². The van der Waals surface area contributed by atoms with E-state index >= 15 is 0 Å². The van der Waals surface area contributed by atoms with Crippen molar-refractivity contribution in [3.63, 3.8) is 0 Å². The van der Waals surface area contributed by atoms with Crippen LogP contribution in [0.5, 0.6) is 0 Å². The van der Waals surface area contributed by atoms with E-state index < -0.39 is 0 Å². The molecule has 1 aromatic heterocycles. The van der Waals surface area contributed by atoms with Crippen LogP contribution in [-0.4, -0.2) is 4.98 Å². The summed E-state index contributed by atoms with van der Waals surface area (Å²) >= 11 is 0. The van der Waals surface area contributed by atoms with Crippen LogP contribution in [0.4, 0.5) is 0 Å². The molecule has 0 N–H and O–H groups in total. The van der Waals surface area contributed by atoms with Gasteiger partial charge in [0.25, 0.3) is 0 Å². The number of hydrogen-bond acceptors (Lipinski definition) is 1. The van der Waals surface area contributed by atoms with Crippen molar-refractivity contribution in [1.29, 1.82) is 0 Å². The molecule has 0 saturated heterocycles. The summed E-state index contributed by atoms with van der Waals surface area (Å²) in [7, 11) is 0. The van der Waals surface area contributed by atoms with Gasteiger partial charge in [0.15, 0.2) is 0 Å². The fourth-order valence-corrected chi connectivity index (χ4v) is 3.21. The Bertz CT molecular complexity index is 695. The maximum absolute atomic E-state index is 4.63. The van der Waals surface area contributed by atoms with E-state index in [-0.39, 0.29) is 5.41 Å². The van der Waals surface area contributed by atoms with Crippen LogP contribution in [0.15, 0.2) is 49.1 Å². The van der Waals surface area contributed by atoms with Crippen LogP contribution in [0.1, 0.15) is 68.1 Å². The first kappa shape index (κ1) is 19.4. The van der Waals surface area contributed by atoms with Crippen molar-refractivity contribution < 1.29 is 0 Å². The molecule has 0 aliphatic rings. The van der Waals surface area contributed by atoms with E-state index in [1.807, 2.05) is 0 Å². The van der Waals surface area contributed by atoms with Crippen LogP contribution < -0.4 is 0 Å². The van der Waals surface area contributed by atoms with Gasteiger partial charge in [-0.3, -0.25) is 4.98 Å². The number of nitrogens with zero attached hydrogens (tertiary/aromatic N) is 1. The summed E-state index contributed by atoms with van der Waals surface area (Å²) in [5.41, 5.74) is 6.68. The monoisotopic (exact) mass is 335 g/mol. The first-order valence-corrected chi connectivity index (χ1v) is 9.54. The molecule has 1 aromatic carbocycles. The lowest BCUT2D eigenvalue weighted by molar-refractivity contribution is 0.396. The Morgan fingerprint density at radius 1 is 1.04 bits per heavy atom. The van der Waals surface area contributed by atoms with Gasteiger partial charge in [0, 0.05) is 11.4 Å². The summed E-state index contributed by atoms with van der Waals surface area (Å²) in [5, 5.41) is 0. The van der Waals surface area contributed by atoms with Gasteiger partial charge >= 0.3 is 0 Å². The van der Waals surface area contributed by atoms with Gasteiger partial charge in [-0.25, -0.2) is 0 Å². The average Bonchev–Trinajstić information content (AvgIpc) is 2.59. The second kappa shape index (κ2) is 8.47. The van der Waals surface area contributed by atoms with Crippen LogP contribution in [0.2, 0.25) is 0 Å². The normalized spacial score (nSPS) is 12.8. The van der Waals surface area contributed by atoms with E-state index in [1.165, 1.54) is 22.4 Å². The first-order chi connectivity index (χ1) is 11.9. The topological polar surface area (TPSA) is 12.9 Å². The third kappa shape index (κ3) is 5.29. The van der Waals surface area contributed by atoms with Gasteiger partial charge in [0.05, 0.1) is 0 Å². The predicted octanol–water partition coefficient (Wildman–Crippen LogP) is 6.44. The Morgan fingerprint density at radius 2 is 1.68 bits per heavy atom. The highest BCUT2D eigenvalue weighted by Crippen LogP contribution is 2.35. The van der Waals surface area contributed by atoms with Crippen molar-refractivity contribution in [2.45, 2.75) is 66.2 Å². The number of allylic oxidation sites excluding steroid dienone is 1. The van der Waals surface area contributed by atoms with Crippen molar-refractivity contribution >= 4 is 0 Å². The van der Waals surface area contributed by atoms with Gasteiger partial charge in [-0.2, -0.15) is 0 Å². The molecule has 134 valence electrons. The van der Waals surface area contributed by atoms with Crippen molar-refractivity contribution in [2.24, 2.45) is 5.41 Å². The molecule has 1 heteroatoms. The standard InChI is InChI=1S/C24H33N/c1-7-9-23-17-21(16-18(3)25-23)11-10-20-12-14-22(15-13-20)19(4)24(5,6)8-2/h8,12-17,19H,2,7,9-11H2,1,3-6H3. The van der Waals surface area contributed by atoms with Crippen LogP contribution in [-0.2, 0) is 19.3 Å². The largest absolute Gasteiger partial charge is 0.258 e. The smallest absolute Gasteiger partial charge is 0.0409 e. The minimum Gasteiger partial charge on any atom is -0.258 e. The molecule has 0 aliphatic heterocycles. The fourth-order valence-electron chi connectivity index (χ4n) is 3.21. The highest BCUT2D eigenvalue weighted by molar-refractivity contribution is 5.29. The molecule has 0 fully saturated rings. The Morgan fingerprint density at radius 3 is 2.28 bits per heavy atom.